The summed E-state index contributed by atoms with van der Waals surface area (Å²) in [5.74, 6) is 1.17. The number of nitrogens with one attached hydrogen (secondary N) is 2. The number of anilines is 1. The zero-order chi connectivity index (χ0) is 20.4. The fraction of sp³-hybridized carbons (Fsp3) is 0.619. The van der Waals surface area contributed by atoms with Crippen LogP contribution in [0.5, 0.6) is 5.75 Å². The van der Waals surface area contributed by atoms with Gasteiger partial charge in [0.1, 0.15) is 11.4 Å². The Morgan fingerprint density at radius 2 is 1.89 bits per heavy atom. The van der Waals surface area contributed by atoms with Gasteiger partial charge in [0.2, 0.25) is 5.91 Å². The molecule has 0 aliphatic rings. The molecule has 0 saturated heterocycles. The standard InChI is InChI=1S/C21H34N2O4/c1-7-19(24)23-17-11-10-16(14-22-20(25)27-21(4,5)6)13-18(17)26-12-8-9-15(2)3/h10-11,13,15H,7-9,12,14H2,1-6H3,(H,22,25)(H,23,24). The summed E-state index contributed by atoms with van der Waals surface area (Å²) < 4.78 is 11.1. The molecular weight excluding hydrogens is 344 g/mol. The summed E-state index contributed by atoms with van der Waals surface area (Å²) >= 11 is 0. The van der Waals surface area contributed by atoms with Crippen molar-refractivity contribution >= 4 is 17.7 Å². The van der Waals surface area contributed by atoms with E-state index in [-0.39, 0.29) is 5.91 Å². The molecule has 0 saturated carbocycles. The summed E-state index contributed by atoms with van der Waals surface area (Å²) in [6.45, 7) is 12.5. The van der Waals surface area contributed by atoms with Crippen LogP contribution < -0.4 is 15.4 Å². The largest absolute Gasteiger partial charge is 0.491 e. The first-order valence-corrected chi connectivity index (χ1v) is 9.63. The predicted octanol–water partition coefficient (Wildman–Crippen LogP) is 4.87. The van der Waals surface area contributed by atoms with Gasteiger partial charge >= 0.3 is 6.09 Å². The molecule has 0 atom stereocenters. The minimum atomic E-state index is -0.539. The van der Waals surface area contributed by atoms with E-state index in [4.69, 9.17) is 9.47 Å². The Morgan fingerprint density at radius 1 is 1.19 bits per heavy atom. The minimum Gasteiger partial charge on any atom is -0.491 e. The van der Waals surface area contributed by atoms with Crippen LogP contribution in [-0.2, 0) is 16.1 Å². The number of hydrogen-bond donors (Lipinski definition) is 2. The van der Waals surface area contributed by atoms with Gasteiger partial charge in [0.25, 0.3) is 0 Å². The smallest absolute Gasteiger partial charge is 0.407 e. The van der Waals surface area contributed by atoms with Crippen LogP contribution in [0.4, 0.5) is 10.5 Å². The van der Waals surface area contributed by atoms with Crippen LogP contribution in [0.15, 0.2) is 18.2 Å². The maximum Gasteiger partial charge on any atom is 0.407 e. The first kappa shape index (κ1) is 22.8. The lowest BCUT2D eigenvalue weighted by atomic mass is 10.1. The molecule has 0 aromatic heterocycles. The minimum absolute atomic E-state index is 0.0679. The van der Waals surface area contributed by atoms with Crippen LogP contribution in [0, 0.1) is 5.92 Å². The molecule has 27 heavy (non-hydrogen) atoms. The lowest BCUT2D eigenvalue weighted by Crippen LogP contribution is -2.32. The zero-order valence-electron chi connectivity index (χ0n) is 17.5. The number of amides is 2. The maximum atomic E-state index is 11.8. The van der Waals surface area contributed by atoms with Crippen LogP contribution in [0.3, 0.4) is 0 Å². The Labute approximate surface area is 163 Å². The van der Waals surface area contributed by atoms with Gasteiger partial charge < -0.3 is 20.1 Å². The van der Waals surface area contributed by atoms with Crippen molar-refractivity contribution < 1.29 is 19.1 Å². The molecule has 2 N–H and O–H groups in total. The van der Waals surface area contributed by atoms with Crippen molar-refractivity contribution in [2.24, 2.45) is 5.92 Å². The van der Waals surface area contributed by atoms with Gasteiger partial charge in [-0.1, -0.05) is 26.8 Å². The van der Waals surface area contributed by atoms with E-state index in [9.17, 15) is 9.59 Å². The molecule has 1 aromatic carbocycles. The van der Waals surface area contributed by atoms with E-state index >= 15 is 0 Å². The number of carbonyl (C=O) groups is 2. The van der Waals surface area contributed by atoms with Gasteiger partial charge in [-0.25, -0.2) is 4.79 Å². The van der Waals surface area contributed by atoms with Crippen molar-refractivity contribution in [3.8, 4) is 5.75 Å². The van der Waals surface area contributed by atoms with Gasteiger partial charge in [-0.15, -0.1) is 0 Å². The van der Waals surface area contributed by atoms with Crippen LogP contribution in [0.1, 0.15) is 66.4 Å². The molecule has 2 amide bonds. The number of ether oxygens (including phenoxy) is 2. The molecule has 0 spiro atoms. The Kier molecular flexibility index (Phi) is 9.12. The third kappa shape index (κ3) is 9.87. The molecule has 6 heteroatoms. The van der Waals surface area contributed by atoms with Crippen molar-refractivity contribution in [2.45, 2.75) is 73.0 Å². The average Bonchev–Trinajstić information content (AvgIpc) is 2.56. The van der Waals surface area contributed by atoms with Crippen molar-refractivity contribution in [1.82, 2.24) is 5.32 Å². The molecule has 0 aliphatic carbocycles. The first-order valence-electron chi connectivity index (χ1n) is 9.63. The highest BCUT2D eigenvalue weighted by atomic mass is 16.6. The first-order chi connectivity index (χ1) is 12.6. The van der Waals surface area contributed by atoms with E-state index in [1.54, 1.807) is 13.0 Å². The summed E-state index contributed by atoms with van der Waals surface area (Å²) in [5, 5.41) is 5.59. The van der Waals surface area contributed by atoms with Gasteiger partial charge in [0, 0.05) is 13.0 Å². The second-order valence-corrected chi connectivity index (χ2v) is 7.97. The molecule has 6 nitrogen and oxygen atoms in total. The molecule has 1 aromatic rings. The van der Waals surface area contributed by atoms with Crippen LogP contribution in [0.2, 0.25) is 0 Å². The third-order valence-electron chi connectivity index (χ3n) is 3.66. The molecule has 152 valence electrons. The number of hydrogen-bond acceptors (Lipinski definition) is 4. The van der Waals surface area contributed by atoms with Crippen molar-refractivity contribution in [3.63, 3.8) is 0 Å². The van der Waals surface area contributed by atoms with E-state index in [2.05, 4.69) is 24.5 Å². The van der Waals surface area contributed by atoms with Crippen molar-refractivity contribution in [1.29, 1.82) is 0 Å². The summed E-state index contributed by atoms with van der Waals surface area (Å²) in [7, 11) is 0. The average molecular weight is 379 g/mol. The Hall–Kier alpha value is -2.24. The molecule has 0 unspecified atom stereocenters. The zero-order valence-corrected chi connectivity index (χ0v) is 17.5. The molecular formula is C21H34N2O4. The Balaban J connectivity index is 2.77. The topological polar surface area (TPSA) is 76.7 Å². The van der Waals surface area contributed by atoms with Crippen molar-refractivity contribution in [2.75, 3.05) is 11.9 Å². The number of rotatable bonds is 9. The van der Waals surface area contributed by atoms with Gasteiger partial charge in [0.15, 0.2) is 0 Å². The third-order valence-corrected chi connectivity index (χ3v) is 3.66. The monoisotopic (exact) mass is 378 g/mol. The Morgan fingerprint density at radius 3 is 2.48 bits per heavy atom. The maximum absolute atomic E-state index is 11.8. The van der Waals surface area contributed by atoms with E-state index in [1.165, 1.54) is 0 Å². The van der Waals surface area contributed by atoms with E-state index in [1.807, 2.05) is 32.9 Å². The van der Waals surface area contributed by atoms with Crippen LogP contribution in [0.25, 0.3) is 0 Å². The van der Waals surface area contributed by atoms with E-state index in [0.717, 1.165) is 18.4 Å². The molecule has 1 rings (SSSR count). The Bertz CT molecular complexity index is 621. The molecule has 0 heterocycles. The summed E-state index contributed by atoms with van der Waals surface area (Å²) in [6, 6.07) is 5.50. The molecule has 0 radical (unpaired) electrons. The molecule has 0 bridgehead atoms. The quantitative estimate of drug-likeness (QED) is 0.601. The molecule has 0 aliphatic heterocycles. The van der Waals surface area contributed by atoms with Crippen molar-refractivity contribution in [3.05, 3.63) is 23.8 Å². The SMILES string of the molecule is CCC(=O)Nc1ccc(CNC(=O)OC(C)(C)C)cc1OCCCC(C)C. The normalized spacial score (nSPS) is 11.2. The highest BCUT2D eigenvalue weighted by Gasteiger charge is 2.16. The number of carbonyl (C=O) groups excluding carboxylic acids is 2. The highest BCUT2D eigenvalue weighted by molar-refractivity contribution is 5.92. The second-order valence-electron chi connectivity index (χ2n) is 7.97. The van der Waals surface area contributed by atoms with Gasteiger partial charge in [-0.2, -0.15) is 0 Å². The number of benzene rings is 1. The van der Waals surface area contributed by atoms with E-state index in [0.29, 0.717) is 36.9 Å². The highest BCUT2D eigenvalue weighted by Crippen LogP contribution is 2.27. The lowest BCUT2D eigenvalue weighted by molar-refractivity contribution is -0.115. The fourth-order valence-electron chi connectivity index (χ4n) is 2.30. The van der Waals surface area contributed by atoms with Crippen LogP contribution >= 0.6 is 0 Å². The molecule has 0 fully saturated rings. The van der Waals surface area contributed by atoms with Gasteiger partial charge in [0.05, 0.1) is 12.3 Å². The second kappa shape index (κ2) is 10.8. The van der Waals surface area contributed by atoms with Gasteiger partial charge in [-0.3, -0.25) is 4.79 Å². The predicted molar refractivity (Wildman–Crippen MR) is 108 cm³/mol. The number of alkyl carbamates (subject to hydrolysis) is 1. The van der Waals surface area contributed by atoms with Crippen LogP contribution in [-0.4, -0.2) is 24.2 Å². The summed E-state index contributed by atoms with van der Waals surface area (Å²) in [4.78, 5) is 23.6. The summed E-state index contributed by atoms with van der Waals surface area (Å²) in [5.41, 5.74) is 0.977. The fourth-order valence-corrected chi connectivity index (χ4v) is 2.30. The summed E-state index contributed by atoms with van der Waals surface area (Å²) in [6.07, 6.45) is 1.95. The van der Waals surface area contributed by atoms with Gasteiger partial charge in [-0.05, 0) is 57.2 Å². The lowest BCUT2D eigenvalue weighted by Gasteiger charge is -2.20. The van der Waals surface area contributed by atoms with E-state index < -0.39 is 11.7 Å².